The Labute approximate surface area is 171 Å². The molecular formula is C19H17Cl2N3O2S. The van der Waals surface area contributed by atoms with Crippen molar-refractivity contribution in [2.75, 3.05) is 38.2 Å². The van der Waals surface area contributed by atoms with Crippen molar-refractivity contribution in [2.24, 2.45) is 0 Å². The first kappa shape index (κ1) is 18.3. The Bertz CT molecular complexity index is 983. The highest BCUT2D eigenvalue weighted by Crippen LogP contribution is 2.38. The van der Waals surface area contributed by atoms with Crippen LogP contribution in [0.25, 0.3) is 10.2 Å². The monoisotopic (exact) mass is 421 g/mol. The number of amides is 1. The van der Waals surface area contributed by atoms with Gasteiger partial charge in [-0.1, -0.05) is 34.5 Å². The quantitative estimate of drug-likeness (QED) is 0.620. The van der Waals surface area contributed by atoms with E-state index in [0.717, 1.165) is 28.4 Å². The van der Waals surface area contributed by atoms with Crippen LogP contribution in [-0.2, 0) is 0 Å². The number of fused-ring (bicyclic) bond motifs is 1. The highest BCUT2D eigenvalue weighted by atomic mass is 35.5. The number of piperazine rings is 1. The van der Waals surface area contributed by atoms with Crippen molar-refractivity contribution in [2.45, 2.75) is 0 Å². The molecule has 140 valence electrons. The fraction of sp³-hybridized carbons (Fsp3) is 0.263. The van der Waals surface area contributed by atoms with E-state index >= 15 is 0 Å². The molecule has 4 rings (SSSR count). The van der Waals surface area contributed by atoms with E-state index < -0.39 is 0 Å². The topological polar surface area (TPSA) is 45.7 Å². The summed E-state index contributed by atoms with van der Waals surface area (Å²) in [6, 6.07) is 10.8. The molecule has 1 aromatic heterocycles. The molecule has 0 aliphatic carbocycles. The Kier molecular flexibility index (Phi) is 5.12. The van der Waals surface area contributed by atoms with E-state index in [-0.39, 0.29) is 5.91 Å². The number of rotatable bonds is 3. The summed E-state index contributed by atoms with van der Waals surface area (Å²) in [5, 5.41) is 2.10. The number of anilines is 1. The SMILES string of the molecule is COc1c(Cl)ccc2sc(N3CCN(C(=O)c4ccc(Cl)cc4)CC3)nc12. The first-order chi connectivity index (χ1) is 13.1. The molecule has 0 atom stereocenters. The molecular weight excluding hydrogens is 405 g/mol. The predicted molar refractivity (Wildman–Crippen MR) is 111 cm³/mol. The molecule has 5 nitrogen and oxygen atoms in total. The fourth-order valence-electron chi connectivity index (χ4n) is 3.14. The van der Waals surface area contributed by atoms with Crippen molar-refractivity contribution < 1.29 is 9.53 Å². The molecule has 1 amide bonds. The van der Waals surface area contributed by atoms with Gasteiger partial charge < -0.3 is 14.5 Å². The number of carbonyl (C=O) groups excluding carboxylic acids is 1. The van der Waals surface area contributed by atoms with Gasteiger partial charge in [-0.3, -0.25) is 4.79 Å². The summed E-state index contributed by atoms with van der Waals surface area (Å²) in [6.45, 7) is 2.76. The fourth-order valence-corrected chi connectivity index (χ4v) is 4.51. The summed E-state index contributed by atoms with van der Waals surface area (Å²) in [4.78, 5) is 21.4. The minimum Gasteiger partial charge on any atom is -0.493 e. The lowest BCUT2D eigenvalue weighted by Crippen LogP contribution is -2.48. The van der Waals surface area contributed by atoms with Gasteiger partial charge in [-0.05, 0) is 36.4 Å². The lowest BCUT2D eigenvalue weighted by molar-refractivity contribution is 0.0747. The summed E-state index contributed by atoms with van der Waals surface area (Å²) in [5.41, 5.74) is 1.44. The lowest BCUT2D eigenvalue weighted by atomic mass is 10.2. The van der Waals surface area contributed by atoms with Crippen molar-refractivity contribution in [1.29, 1.82) is 0 Å². The van der Waals surface area contributed by atoms with E-state index in [1.165, 1.54) is 0 Å². The van der Waals surface area contributed by atoms with Crippen LogP contribution in [0.1, 0.15) is 10.4 Å². The molecule has 2 aromatic carbocycles. The molecule has 1 fully saturated rings. The number of nitrogens with zero attached hydrogens (tertiary/aromatic N) is 3. The third kappa shape index (κ3) is 3.57. The normalized spacial score (nSPS) is 14.6. The molecule has 0 saturated carbocycles. The van der Waals surface area contributed by atoms with Gasteiger partial charge >= 0.3 is 0 Å². The molecule has 0 bridgehead atoms. The molecule has 3 aromatic rings. The Morgan fingerprint density at radius 2 is 1.78 bits per heavy atom. The Morgan fingerprint density at radius 3 is 2.44 bits per heavy atom. The highest BCUT2D eigenvalue weighted by Gasteiger charge is 2.24. The van der Waals surface area contributed by atoms with E-state index in [2.05, 4.69) is 4.90 Å². The number of benzene rings is 2. The van der Waals surface area contributed by atoms with Gasteiger partial charge in [-0.15, -0.1) is 0 Å². The van der Waals surface area contributed by atoms with Gasteiger partial charge in [-0.25, -0.2) is 4.98 Å². The van der Waals surface area contributed by atoms with Crippen LogP contribution in [-0.4, -0.2) is 49.1 Å². The first-order valence-corrected chi connectivity index (χ1v) is 10.1. The van der Waals surface area contributed by atoms with Gasteiger partial charge in [0, 0.05) is 36.8 Å². The van der Waals surface area contributed by atoms with E-state index in [4.69, 9.17) is 32.9 Å². The maximum absolute atomic E-state index is 12.6. The maximum Gasteiger partial charge on any atom is 0.253 e. The molecule has 8 heteroatoms. The van der Waals surface area contributed by atoms with Gasteiger partial charge in [-0.2, -0.15) is 0 Å². The van der Waals surface area contributed by atoms with Gasteiger partial charge in [0.25, 0.3) is 5.91 Å². The Hall–Kier alpha value is -2.02. The summed E-state index contributed by atoms with van der Waals surface area (Å²) in [6.07, 6.45) is 0. The number of thiazole rings is 1. The third-order valence-electron chi connectivity index (χ3n) is 4.59. The van der Waals surface area contributed by atoms with E-state index in [9.17, 15) is 4.79 Å². The molecule has 0 spiro atoms. The van der Waals surface area contributed by atoms with Crippen molar-refractivity contribution in [3.63, 3.8) is 0 Å². The molecule has 1 aliphatic rings. The number of hydrogen-bond acceptors (Lipinski definition) is 5. The lowest BCUT2D eigenvalue weighted by Gasteiger charge is -2.34. The van der Waals surface area contributed by atoms with Gasteiger partial charge in [0.2, 0.25) is 0 Å². The maximum atomic E-state index is 12.6. The van der Waals surface area contributed by atoms with Crippen molar-refractivity contribution in [3.8, 4) is 5.75 Å². The van der Waals surface area contributed by atoms with Crippen LogP contribution in [0.4, 0.5) is 5.13 Å². The minimum atomic E-state index is 0.0315. The average Bonchev–Trinajstić information content (AvgIpc) is 3.12. The van der Waals surface area contributed by atoms with Crippen LogP contribution >= 0.6 is 34.5 Å². The summed E-state index contributed by atoms with van der Waals surface area (Å²) in [5.74, 6) is 0.636. The second-order valence-corrected chi connectivity index (χ2v) is 8.06. The molecule has 27 heavy (non-hydrogen) atoms. The number of halogens is 2. The van der Waals surface area contributed by atoms with Gasteiger partial charge in [0.1, 0.15) is 5.52 Å². The molecule has 0 radical (unpaired) electrons. The molecule has 0 N–H and O–H groups in total. The van der Waals surface area contributed by atoms with Crippen molar-refractivity contribution in [1.82, 2.24) is 9.88 Å². The van der Waals surface area contributed by atoms with E-state index in [1.54, 1.807) is 42.7 Å². The van der Waals surface area contributed by atoms with Crippen LogP contribution in [0.3, 0.4) is 0 Å². The zero-order valence-electron chi connectivity index (χ0n) is 14.6. The second kappa shape index (κ2) is 7.54. The Morgan fingerprint density at radius 1 is 1.07 bits per heavy atom. The van der Waals surface area contributed by atoms with Gasteiger partial charge in [0.15, 0.2) is 10.9 Å². The highest BCUT2D eigenvalue weighted by molar-refractivity contribution is 7.22. The molecule has 1 aliphatic heterocycles. The number of ether oxygens (including phenoxy) is 1. The Balaban J connectivity index is 1.48. The van der Waals surface area contributed by atoms with Crippen molar-refractivity contribution >= 4 is 55.8 Å². The molecule has 0 unspecified atom stereocenters. The zero-order chi connectivity index (χ0) is 19.0. The number of methoxy groups -OCH3 is 1. The molecule has 2 heterocycles. The van der Waals surface area contributed by atoms with Crippen LogP contribution in [0, 0.1) is 0 Å². The summed E-state index contributed by atoms with van der Waals surface area (Å²) >= 11 is 13.7. The predicted octanol–water partition coefficient (Wildman–Crippen LogP) is 4.57. The van der Waals surface area contributed by atoms with Crippen LogP contribution in [0.15, 0.2) is 36.4 Å². The second-order valence-electron chi connectivity index (χ2n) is 6.21. The van der Waals surface area contributed by atoms with Crippen LogP contribution < -0.4 is 9.64 Å². The third-order valence-corrected chi connectivity index (χ3v) is 6.22. The van der Waals surface area contributed by atoms with Crippen LogP contribution in [0.5, 0.6) is 5.75 Å². The minimum absolute atomic E-state index is 0.0315. The largest absolute Gasteiger partial charge is 0.493 e. The van der Waals surface area contributed by atoms with Crippen LogP contribution in [0.2, 0.25) is 10.0 Å². The number of carbonyl (C=O) groups is 1. The summed E-state index contributed by atoms with van der Waals surface area (Å²) < 4.78 is 6.43. The zero-order valence-corrected chi connectivity index (χ0v) is 16.9. The van der Waals surface area contributed by atoms with Gasteiger partial charge in [0.05, 0.1) is 16.8 Å². The molecule has 1 saturated heterocycles. The standard InChI is InChI=1S/C19H17Cl2N3O2S/c1-26-17-14(21)6-7-15-16(17)22-19(27-15)24-10-8-23(9-11-24)18(25)12-2-4-13(20)5-3-12/h2-7H,8-11H2,1H3. The van der Waals surface area contributed by atoms with E-state index in [1.807, 2.05) is 17.0 Å². The number of aromatic nitrogens is 1. The average molecular weight is 422 g/mol. The van der Waals surface area contributed by atoms with E-state index in [0.29, 0.717) is 34.4 Å². The van der Waals surface area contributed by atoms with Crippen molar-refractivity contribution in [3.05, 3.63) is 52.0 Å². The number of hydrogen-bond donors (Lipinski definition) is 0. The first-order valence-electron chi connectivity index (χ1n) is 8.49. The smallest absolute Gasteiger partial charge is 0.253 e. The summed E-state index contributed by atoms with van der Waals surface area (Å²) in [7, 11) is 1.60.